The molecule has 0 atom stereocenters. The Morgan fingerprint density at radius 3 is 2.38 bits per heavy atom. The number of halogens is 3. The lowest BCUT2D eigenvalue weighted by molar-refractivity contribution is -0.151. The van der Waals surface area contributed by atoms with Crippen molar-refractivity contribution < 1.29 is 32.7 Å². The van der Waals surface area contributed by atoms with Gasteiger partial charge in [0.25, 0.3) is 5.91 Å². The molecule has 1 fully saturated rings. The highest BCUT2D eigenvalue weighted by Gasteiger charge is 2.43. The first-order valence-electron chi connectivity index (χ1n) is 4.08. The topological polar surface area (TPSA) is 77.9 Å². The van der Waals surface area contributed by atoms with Gasteiger partial charge in [0, 0.05) is 0 Å². The van der Waals surface area contributed by atoms with Crippen LogP contribution in [-0.4, -0.2) is 58.6 Å². The minimum Gasteiger partial charge on any atom is -0.480 e. The van der Waals surface area contributed by atoms with E-state index in [1.165, 1.54) is 0 Å². The minimum atomic E-state index is -4.69. The van der Waals surface area contributed by atoms with E-state index in [1.807, 2.05) is 0 Å². The zero-order valence-corrected chi connectivity index (χ0v) is 7.82. The van der Waals surface area contributed by atoms with E-state index >= 15 is 0 Å². The molecule has 0 radical (unpaired) electrons. The average Bonchev–Trinajstić information content (AvgIpc) is 2.29. The SMILES string of the molecule is O=C(O)CN1CC(=O)N(CC(F)(F)F)C1=O. The number of carbonyl (C=O) groups is 3. The van der Waals surface area contributed by atoms with Crippen LogP contribution in [0.5, 0.6) is 0 Å². The van der Waals surface area contributed by atoms with E-state index < -0.39 is 43.7 Å². The number of alkyl halides is 3. The van der Waals surface area contributed by atoms with Crippen molar-refractivity contribution in [2.45, 2.75) is 6.18 Å². The third-order valence-corrected chi connectivity index (χ3v) is 1.79. The Kier molecular flexibility index (Phi) is 3.06. The van der Waals surface area contributed by atoms with E-state index in [-0.39, 0.29) is 4.90 Å². The van der Waals surface area contributed by atoms with Crippen LogP contribution in [0.15, 0.2) is 0 Å². The van der Waals surface area contributed by atoms with Gasteiger partial charge in [-0.15, -0.1) is 0 Å². The molecule has 0 aromatic carbocycles. The Morgan fingerprint density at radius 2 is 1.94 bits per heavy atom. The summed E-state index contributed by atoms with van der Waals surface area (Å²) in [6.45, 7) is -3.12. The number of carbonyl (C=O) groups excluding carboxylic acids is 2. The smallest absolute Gasteiger partial charge is 0.406 e. The monoisotopic (exact) mass is 240 g/mol. The summed E-state index contributed by atoms with van der Waals surface area (Å²) in [5.41, 5.74) is 0. The normalized spacial score (nSPS) is 17.2. The molecule has 0 unspecified atom stereocenters. The van der Waals surface area contributed by atoms with Gasteiger partial charge in [0.05, 0.1) is 0 Å². The van der Waals surface area contributed by atoms with Gasteiger partial charge in [0.2, 0.25) is 0 Å². The molecule has 0 saturated carbocycles. The predicted molar refractivity (Wildman–Crippen MR) is 42.4 cm³/mol. The largest absolute Gasteiger partial charge is 0.480 e. The molecular formula is C7H7F3N2O4. The number of aliphatic carboxylic acids is 1. The summed E-state index contributed by atoms with van der Waals surface area (Å²) < 4.78 is 35.9. The lowest BCUT2D eigenvalue weighted by Gasteiger charge is -2.16. The molecule has 0 aliphatic carbocycles. The van der Waals surface area contributed by atoms with Gasteiger partial charge in [-0.05, 0) is 0 Å². The van der Waals surface area contributed by atoms with E-state index in [4.69, 9.17) is 5.11 Å². The third-order valence-electron chi connectivity index (χ3n) is 1.79. The molecule has 0 bridgehead atoms. The number of imide groups is 1. The van der Waals surface area contributed by atoms with E-state index in [1.54, 1.807) is 0 Å². The van der Waals surface area contributed by atoms with E-state index in [0.717, 1.165) is 0 Å². The second kappa shape index (κ2) is 3.99. The lowest BCUT2D eigenvalue weighted by Crippen LogP contribution is -2.40. The van der Waals surface area contributed by atoms with Crippen molar-refractivity contribution in [1.82, 2.24) is 9.80 Å². The van der Waals surface area contributed by atoms with Crippen LogP contribution in [0.1, 0.15) is 0 Å². The predicted octanol–water partition coefficient (Wildman–Crippen LogP) is -0.103. The minimum absolute atomic E-state index is 0.0110. The van der Waals surface area contributed by atoms with Gasteiger partial charge >= 0.3 is 18.2 Å². The van der Waals surface area contributed by atoms with Gasteiger partial charge < -0.3 is 10.0 Å². The zero-order chi connectivity index (χ0) is 12.5. The molecule has 1 N–H and O–H groups in total. The average molecular weight is 240 g/mol. The number of carboxylic acids is 1. The Morgan fingerprint density at radius 1 is 1.38 bits per heavy atom. The first-order valence-corrected chi connectivity index (χ1v) is 4.08. The van der Waals surface area contributed by atoms with Crippen molar-refractivity contribution in [3.63, 3.8) is 0 Å². The van der Waals surface area contributed by atoms with Gasteiger partial charge in [0.1, 0.15) is 19.6 Å². The van der Waals surface area contributed by atoms with Crippen molar-refractivity contribution in [3.05, 3.63) is 0 Å². The molecule has 16 heavy (non-hydrogen) atoms. The van der Waals surface area contributed by atoms with Crippen LogP contribution in [0.2, 0.25) is 0 Å². The number of amides is 3. The molecule has 1 saturated heterocycles. The fraction of sp³-hybridized carbons (Fsp3) is 0.571. The van der Waals surface area contributed by atoms with Crippen LogP contribution in [0, 0.1) is 0 Å². The van der Waals surface area contributed by atoms with Crippen LogP contribution in [-0.2, 0) is 9.59 Å². The number of hydrogen-bond donors (Lipinski definition) is 1. The highest BCUT2D eigenvalue weighted by Crippen LogP contribution is 2.20. The molecule has 0 aromatic heterocycles. The Balaban J connectivity index is 2.71. The fourth-order valence-electron chi connectivity index (χ4n) is 1.22. The van der Waals surface area contributed by atoms with Crippen molar-refractivity contribution in [2.75, 3.05) is 19.6 Å². The summed E-state index contributed by atoms with van der Waals surface area (Å²) in [6.07, 6.45) is -4.69. The van der Waals surface area contributed by atoms with Gasteiger partial charge in [-0.2, -0.15) is 13.2 Å². The number of carboxylic acid groups (broad SMARTS) is 1. The number of nitrogens with zero attached hydrogens (tertiary/aromatic N) is 2. The number of urea groups is 1. The summed E-state index contributed by atoms with van der Waals surface area (Å²) in [5, 5.41) is 8.35. The van der Waals surface area contributed by atoms with Gasteiger partial charge in [-0.25, -0.2) is 4.79 Å². The summed E-state index contributed by atoms with van der Waals surface area (Å²) in [6, 6.07) is -1.23. The molecule has 1 aliphatic rings. The zero-order valence-electron chi connectivity index (χ0n) is 7.82. The second-order valence-electron chi connectivity index (χ2n) is 3.13. The molecular weight excluding hydrogens is 233 g/mol. The summed E-state index contributed by atoms with van der Waals surface area (Å²) in [5.74, 6) is -2.45. The molecule has 0 spiro atoms. The maximum atomic E-state index is 12.0. The van der Waals surface area contributed by atoms with E-state index in [0.29, 0.717) is 4.90 Å². The van der Waals surface area contributed by atoms with Crippen LogP contribution in [0.4, 0.5) is 18.0 Å². The Bertz CT molecular complexity index is 341. The molecule has 1 heterocycles. The first-order chi connectivity index (χ1) is 7.20. The van der Waals surface area contributed by atoms with Crippen LogP contribution < -0.4 is 0 Å². The number of hydrogen-bond acceptors (Lipinski definition) is 3. The summed E-state index contributed by atoms with van der Waals surface area (Å²) >= 11 is 0. The van der Waals surface area contributed by atoms with E-state index in [9.17, 15) is 27.6 Å². The van der Waals surface area contributed by atoms with Crippen LogP contribution >= 0.6 is 0 Å². The van der Waals surface area contributed by atoms with Gasteiger partial charge in [-0.3, -0.25) is 14.5 Å². The second-order valence-corrected chi connectivity index (χ2v) is 3.13. The van der Waals surface area contributed by atoms with E-state index in [2.05, 4.69) is 0 Å². The molecule has 90 valence electrons. The van der Waals surface area contributed by atoms with Crippen molar-refractivity contribution in [3.8, 4) is 0 Å². The molecule has 3 amide bonds. The molecule has 0 aromatic rings. The van der Waals surface area contributed by atoms with Crippen LogP contribution in [0.25, 0.3) is 0 Å². The quantitative estimate of drug-likeness (QED) is 0.698. The maximum Gasteiger partial charge on any atom is 0.406 e. The molecule has 9 heteroatoms. The third kappa shape index (κ3) is 2.84. The fourth-order valence-corrected chi connectivity index (χ4v) is 1.22. The van der Waals surface area contributed by atoms with Crippen molar-refractivity contribution >= 4 is 17.9 Å². The molecule has 1 aliphatic heterocycles. The van der Waals surface area contributed by atoms with Crippen molar-refractivity contribution in [1.29, 1.82) is 0 Å². The van der Waals surface area contributed by atoms with Gasteiger partial charge in [0.15, 0.2) is 0 Å². The van der Waals surface area contributed by atoms with Gasteiger partial charge in [-0.1, -0.05) is 0 Å². The van der Waals surface area contributed by atoms with Crippen molar-refractivity contribution in [2.24, 2.45) is 0 Å². The molecule has 6 nitrogen and oxygen atoms in total. The summed E-state index contributed by atoms with van der Waals surface area (Å²) in [4.78, 5) is 33.0. The standard InChI is InChI=1S/C7H7F3N2O4/c8-7(9,10)3-12-4(13)1-11(6(12)16)2-5(14)15/h1-3H2,(H,14,15). The molecule has 1 rings (SSSR count). The maximum absolute atomic E-state index is 12.0. The number of rotatable bonds is 3. The summed E-state index contributed by atoms with van der Waals surface area (Å²) in [7, 11) is 0. The highest BCUT2D eigenvalue weighted by molar-refractivity contribution is 6.03. The van der Waals surface area contributed by atoms with Crippen LogP contribution in [0.3, 0.4) is 0 Å². The Hall–Kier alpha value is -1.80. The Labute approximate surface area is 87.2 Å². The first kappa shape index (κ1) is 12.3. The lowest BCUT2D eigenvalue weighted by atomic mass is 10.5. The highest BCUT2D eigenvalue weighted by atomic mass is 19.4.